The first-order valence-corrected chi connectivity index (χ1v) is 10.2. The third-order valence-electron chi connectivity index (χ3n) is 3.89. The van der Waals surface area contributed by atoms with E-state index in [9.17, 15) is 13.6 Å². The first-order valence-electron chi connectivity index (χ1n) is 8.30. The second kappa shape index (κ2) is 9.20. The summed E-state index contributed by atoms with van der Waals surface area (Å²) in [6.07, 6.45) is 1.63. The van der Waals surface area contributed by atoms with Gasteiger partial charge in [0.1, 0.15) is 10.8 Å². The minimum absolute atomic E-state index is 0.316. The average Bonchev–Trinajstić information content (AvgIpc) is 2.99. The van der Waals surface area contributed by atoms with Gasteiger partial charge in [-0.25, -0.2) is 4.98 Å². The maximum Gasteiger partial charge on any atom is 0.288 e. The van der Waals surface area contributed by atoms with Crippen molar-refractivity contribution in [1.29, 1.82) is 0 Å². The van der Waals surface area contributed by atoms with Gasteiger partial charge in [-0.3, -0.25) is 4.79 Å². The molecule has 0 aliphatic carbocycles. The minimum atomic E-state index is -2.48. The summed E-state index contributed by atoms with van der Waals surface area (Å²) in [5.74, 6) is -1.47. The summed E-state index contributed by atoms with van der Waals surface area (Å²) < 4.78 is 30.0. The van der Waals surface area contributed by atoms with E-state index in [1.165, 1.54) is 11.8 Å². The molecule has 0 unspecified atom stereocenters. The van der Waals surface area contributed by atoms with Crippen LogP contribution in [0, 0.1) is 13.8 Å². The zero-order valence-electron chi connectivity index (χ0n) is 15.1. The molecular formula is C19H17F2N3O2S2. The molecule has 3 rings (SSSR count). The Kier molecular flexibility index (Phi) is 6.69. The third kappa shape index (κ3) is 5.11. The smallest absolute Gasteiger partial charge is 0.288 e. The van der Waals surface area contributed by atoms with Crippen LogP contribution in [-0.2, 0) is 5.75 Å². The number of carbonyl (C=O) groups is 1. The molecule has 0 aliphatic rings. The highest BCUT2D eigenvalue weighted by Gasteiger charge is 2.16. The van der Waals surface area contributed by atoms with E-state index in [1.807, 2.05) is 13.8 Å². The van der Waals surface area contributed by atoms with E-state index < -0.39 is 5.76 Å². The average molecular weight is 421 g/mol. The molecule has 1 aromatic carbocycles. The Bertz CT molecular complexity index is 943. The van der Waals surface area contributed by atoms with Gasteiger partial charge in [-0.15, -0.1) is 11.8 Å². The van der Waals surface area contributed by atoms with Gasteiger partial charge in [0, 0.05) is 28.1 Å². The highest BCUT2D eigenvalue weighted by molar-refractivity contribution is 7.99. The fraction of sp³-hybridized carbons (Fsp3) is 0.211. The van der Waals surface area contributed by atoms with Crippen molar-refractivity contribution in [2.45, 2.75) is 35.3 Å². The Labute approximate surface area is 169 Å². The van der Waals surface area contributed by atoms with Gasteiger partial charge >= 0.3 is 0 Å². The summed E-state index contributed by atoms with van der Waals surface area (Å²) in [5, 5.41) is 7.29. The number of aromatic nitrogens is 2. The molecule has 0 saturated carbocycles. The Morgan fingerprint density at radius 2 is 1.96 bits per heavy atom. The second-order valence-corrected chi connectivity index (χ2v) is 7.83. The van der Waals surface area contributed by atoms with Gasteiger partial charge < -0.3 is 9.84 Å². The Morgan fingerprint density at radius 1 is 1.21 bits per heavy atom. The number of pyridine rings is 1. The van der Waals surface area contributed by atoms with Crippen molar-refractivity contribution in [3.05, 3.63) is 65.2 Å². The summed E-state index contributed by atoms with van der Waals surface area (Å²) in [7, 11) is 0. The molecule has 0 atom stereocenters. The van der Waals surface area contributed by atoms with Crippen LogP contribution in [0.2, 0.25) is 0 Å². The fourth-order valence-electron chi connectivity index (χ4n) is 2.45. The van der Waals surface area contributed by atoms with Crippen molar-refractivity contribution in [3.63, 3.8) is 0 Å². The molecule has 9 heteroatoms. The van der Waals surface area contributed by atoms with Crippen LogP contribution < -0.4 is 5.32 Å². The van der Waals surface area contributed by atoms with E-state index in [0.717, 1.165) is 17.0 Å². The maximum absolute atomic E-state index is 12.7. The van der Waals surface area contributed by atoms with E-state index in [1.54, 1.807) is 42.6 Å². The lowest BCUT2D eigenvalue weighted by molar-refractivity contribution is 0.102. The lowest BCUT2D eigenvalue weighted by atomic mass is 10.2. The molecule has 1 amide bonds. The summed E-state index contributed by atoms with van der Waals surface area (Å²) in [5.41, 5.74) is 2.75. The highest BCUT2D eigenvalue weighted by Crippen LogP contribution is 2.29. The van der Waals surface area contributed by atoms with E-state index in [-0.39, 0.29) is 5.91 Å². The van der Waals surface area contributed by atoms with Crippen LogP contribution in [0.1, 0.15) is 27.4 Å². The van der Waals surface area contributed by atoms with Crippen LogP contribution in [0.5, 0.6) is 0 Å². The molecule has 0 spiro atoms. The van der Waals surface area contributed by atoms with Crippen LogP contribution in [0.4, 0.5) is 14.5 Å². The summed E-state index contributed by atoms with van der Waals surface area (Å²) in [6, 6.07) is 9.66. The van der Waals surface area contributed by atoms with E-state index >= 15 is 0 Å². The zero-order valence-corrected chi connectivity index (χ0v) is 16.7. The van der Waals surface area contributed by atoms with Gasteiger partial charge in [-0.1, -0.05) is 16.9 Å². The van der Waals surface area contributed by atoms with Crippen molar-refractivity contribution in [1.82, 2.24) is 10.1 Å². The molecule has 0 aliphatic heterocycles. The number of hydrogen-bond donors (Lipinski definition) is 1. The van der Waals surface area contributed by atoms with E-state index in [4.69, 9.17) is 4.52 Å². The molecule has 5 nitrogen and oxygen atoms in total. The molecular weight excluding hydrogens is 404 g/mol. The Hall–Kier alpha value is -2.39. The molecule has 0 bridgehead atoms. The molecule has 0 radical (unpaired) electrons. The first kappa shape index (κ1) is 20.3. The van der Waals surface area contributed by atoms with Gasteiger partial charge in [0.15, 0.2) is 0 Å². The summed E-state index contributed by atoms with van der Waals surface area (Å²) >= 11 is 1.88. The van der Waals surface area contributed by atoms with Gasteiger partial charge in [0.2, 0.25) is 0 Å². The zero-order chi connectivity index (χ0) is 20.1. The van der Waals surface area contributed by atoms with Crippen molar-refractivity contribution in [3.8, 4) is 0 Å². The predicted molar refractivity (Wildman–Crippen MR) is 106 cm³/mol. The summed E-state index contributed by atoms with van der Waals surface area (Å²) in [6.45, 7) is 3.71. The predicted octanol–water partition coefficient (Wildman–Crippen LogP) is 5.55. The molecule has 1 N–H and O–H groups in total. The number of aryl methyl sites for hydroxylation is 2. The molecule has 146 valence electrons. The topological polar surface area (TPSA) is 68.0 Å². The number of nitrogens with one attached hydrogen (secondary N) is 1. The molecule has 2 aromatic heterocycles. The van der Waals surface area contributed by atoms with Crippen molar-refractivity contribution >= 4 is 35.1 Å². The minimum Gasteiger partial charge on any atom is -0.361 e. The van der Waals surface area contributed by atoms with Gasteiger partial charge in [-0.2, -0.15) is 8.78 Å². The Balaban J connectivity index is 1.70. The molecule has 0 fully saturated rings. The van der Waals surface area contributed by atoms with Crippen LogP contribution >= 0.6 is 23.5 Å². The van der Waals surface area contributed by atoms with E-state index in [2.05, 4.69) is 15.5 Å². The number of amides is 1. The van der Waals surface area contributed by atoms with Crippen LogP contribution in [0.3, 0.4) is 0 Å². The van der Waals surface area contributed by atoms with Crippen LogP contribution in [0.25, 0.3) is 0 Å². The van der Waals surface area contributed by atoms with Gasteiger partial charge in [0.25, 0.3) is 11.7 Å². The maximum atomic E-state index is 12.7. The number of rotatable bonds is 7. The second-order valence-electron chi connectivity index (χ2n) is 5.80. The van der Waals surface area contributed by atoms with Gasteiger partial charge in [-0.05, 0) is 50.2 Å². The van der Waals surface area contributed by atoms with Crippen LogP contribution in [-0.4, -0.2) is 21.8 Å². The van der Waals surface area contributed by atoms with Gasteiger partial charge in [0.05, 0.1) is 11.3 Å². The number of benzene rings is 1. The van der Waals surface area contributed by atoms with E-state index in [0.29, 0.717) is 38.7 Å². The number of alkyl halides is 2. The molecule has 28 heavy (non-hydrogen) atoms. The number of hydrogen-bond acceptors (Lipinski definition) is 6. The number of anilines is 1. The third-order valence-corrected chi connectivity index (χ3v) is 5.64. The number of halogens is 2. The molecule has 3 aromatic rings. The Morgan fingerprint density at radius 3 is 2.61 bits per heavy atom. The molecule has 2 heterocycles. The number of carbonyl (C=O) groups excluding carboxylic acids is 1. The normalized spacial score (nSPS) is 11.0. The quantitative estimate of drug-likeness (QED) is 0.505. The standard InChI is InChI=1S/C19H17F2N3O2S2/c1-11-16(12(2)26-24-11)10-27-18-15(4-3-9-22-18)17(25)23-13-5-7-14(8-6-13)28-19(20)21/h3-9,19H,10H2,1-2H3,(H,23,25). The van der Waals surface area contributed by atoms with Crippen molar-refractivity contribution in [2.24, 2.45) is 0 Å². The first-order chi connectivity index (χ1) is 13.4. The largest absolute Gasteiger partial charge is 0.361 e. The lowest BCUT2D eigenvalue weighted by Gasteiger charge is -2.09. The van der Waals surface area contributed by atoms with Crippen molar-refractivity contribution in [2.75, 3.05) is 5.32 Å². The molecule has 0 saturated heterocycles. The highest BCUT2D eigenvalue weighted by atomic mass is 32.2. The van der Waals surface area contributed by atoms with Crippen molar-refractivity contribution < 1.29 is 18.1 Å². The number of nitrogens with zero attached hydrogens (tertiary/aromatic N) is 2. The lowest BCUT2D eigenvalue weighted by Crippen LogP contribution is -2.13. The summed E-state index contributed by atoms with van der Waals surface area (Å²) in [4.78, 5) is 17.4. The monoisotopic (exact) mass is 421 g/mol. The SMILES string of the molecule is Cc1noc(C)c1CSc1ncccc1C(=O)Nc1ccc(SC(F)F)cc1. The number of thioether (sulfide) groups is 2. The van der Waals surface area contributed by atoms with Crippen LogP contribution in [0.15, 0.2) is 57.0 Å². The fourth-order valence-corrected chi connectivity index (χ4v) is 4.09.